The Balaban J connectivity index is 1.82. The molecule has 0 radical (unpaired) electrons. The molecule has 1 aliphatic heterocycles. The zero-order valence-electron chi connectivity index (χ0n) is 14.5. The molecular formula is C18H19ClFN3O3. The Morgan fingerprint density at radius 2 is 2.27 bits per heavy atom. The fourth-order valence-electron chi connectivity index (χ4n) is 3.10. The van der Waals surface area contributed by atoms with Crippen molar-refractivity contribution in [1.82, 2.24) is 15.4 Å². The normalized spacial score (nSPS) is 15.4. The first-order valence-corrected chi connectivity index (χ1v) is 8.75. The van der Waals surface area contributed by atoms with E-state index in [1.807, 2.05) is 6.92 Å². The number of hydrogen-bond acceptors (Lipinski definition) is 4. The summed E-state index contributed by atoms with van der Waals surface area (Å²) in [6.45, 7) is 4.50. The fourth-order valence-corrected chi connectivity index (χ4v) is 3.36. The van der Waals surface area contributed by atoms with E-state index < -0.39 is 11.7 Å². The van der Waals surface area contributed by atoms with Gasteiger partial charge in [-0.25, -0.2) is 4.39 Å². The minimum absolute atomic E-state index is 0.0264. The molecular weight excluding hydrogens is 361 g/mol. The van der Waals surface area contributed by atoms with E-state index in [0.29, 0.717) is 19.5 Å². The first-order valence-electron chi connectivity index (χ1n) is 8.37. The third-order valence-electron chi connectivity index (χ3n) is 4.33. The van der Waals surface area contributed by atoms with E-state index in [9.17, 15) is 14.0 Å². The minimum Gasteiger partial charge on any atom is -0.360 e. The molecule has 1 saturated heterocycles. The third-order valence-corrected chi connectivity index (χ3v) is 4.65. The van der Waals surface area contributed by atoms with Crippen LogP contribution in [0.25, 0.3) is 11.3 Å². The van der Waals surface area contributed by atoms with Crippen molar-refractivity contribution in [2.45, 2.75) is 32.7 Å². The highest BCUT2D eigenvalue weighted by Gasteiger charge is 2.27. The summed E-state index contributed by atoms with van der Waals surface area (Å²) < 4.78 is 19.3. The summed E-state index contributed by atoms with van der Waals surface area (Å²) in [6, 6.07) is 3.97. The number of nitrogens with zero attached hydrogens (tertiary/aromatic N) is 2. The summed E-state index contributed by atoms with van der Waals surface area (Å²) in [5.41, 5.74) is 0.225. The van der Waals surface area contributed by atoms with Crippen molar-refractivity contribution in [2.75, 3.05) is 13.1 Å². The second-order valence-electron chi connectivity index (χ2n) is 6.38. The van der Waals surface area contributed by atoms with Gasteiger partial charge in [0.2, 0.25) is 5.91 Å². The smallest absolute Gasteiger partial charge is 0.257 e. The Labute approximate surface area is 155 Å². The topological polar surface area (TPSA) is 75.4 Å². The molecule has 26 heavy (non-hydrogen) atoms. The molecule has 0 spiro atoms. The first kappa shape index (κ1) is 18.4. The molecule has 2 aromatic rings. The lowest BCUT2D eigenvalue weighted by Crippen LogP contribution is -2.42. The maximum absolute atomic E-state index is 14.2. The van der Waals surface area contributed by atoms with Gasteiger partial charge in [0.1, 0.15) is 22.8 Å². The van der Waals surface area contributed by atoms with Crippen LogP contribution >= 0.6 is 11.6 Å². The molecule has 3 rings (SSSR count). The Kier molecular flexibility index (Phi) is 5.27. The molecule has 1 aromatic heterocycles. The van der Waals surface area contributed by atoms with Gasteiger partial charge >= 0.3 is 0 Å². The number of carbonyl (C=O) groups is 2. The Morgan fingerprint density at radius 3 is 2.92 bits per heavy atom. The molecule has 1 aliphatic rings. The summed E-state index contributed by atoms with van der Waals surface area (Å²) in [4.78, 5) is 26.2. The zero-order valence-corrected chi connectivity index (χ0v) is 15.3. The number of hydrogen-bond donors (Lipinski definition) is 1. The van der Waals surface area contributed by atoms with Crippen LogP contribution in [0.1, 0.15) is 35.9 Å². The predicted octanol–water partition coefficient (Wildman–Crippen LogP) is 3.18. The van der Waals surface area contributed by atoms with Gasteiger partial charge in [0.25, 0.3) is 5.91 Å². The Morgan fingerprint density at radius 1 is 1.50 bits per heavy atom. The van der Waals surface area contributed by atoms with Crippen LogP contribution in [0.15, 0.2) is 22.7 Å². The monoisotopic (exact) mass is 379 g/mol. The van der Waals surface area contributed by atoms with Crippen LogP contribution in [-0.4, -0.2) is 41.0 Å². The van der Waals surface area contributed by atoms with Crippen molar-refractivity contribution in [3.63, 3.8) is 0 Å². The highest BCUT2D eigenvalue weighted by atomic mass is 35.5. The maximum Gasteiger partial charge on any atom is 0.257 e. The number of benzene rings is 1. The molecule has 1 unspecified atom stereocenters. The number of carbonyl (C=O) groups excluding carboxylic acids is 2. The van der Waals surface area contributed by atoms with Crippen molar-refractivity contribution < 1.29 is 18.5 Å². The van der Waals surface area contributed by atoms with E-state index in [-0.39, 0.29) is 39.6 Å². The van der Waals surface area contributed by atoms with Gasteiger partial charge in [-0.05, 0) is 32.4 Å². The predicted molar refractivity (Wildman–Crippen MR) is 94.4 cm³/mol. The van der Waals surface area contributed by atoms with Gasteiger partial charge in [-0.1, -0.05) is 22.8 Å². The SMILES string of the molecule is Cc1onc(-c2c(F)cccc2Cl)c1C(=O)NC(C)CN1CCCC1=O. The number of amides is 2. The van der Waals surface area contributed by atoms with Crippen molar-refractivity contribution in [2.24, 2.45) is 0 Å². The largest absolute Gasteiger partial charge is 0.360 e. The van der Waals surface area contributed by atoms with Gasteiger partial charge < -0.3 is 14.7 Å². The van der Waals surface area contributed by atoms with Gasteiger partial charge in [0.15, 0.2) is 0 Å². The molecule has 0 saturated carbocycles. The third kappa shape index (κ3) is 3.58. The molecule has 1 aromatic carbocycles. The van der Waals surface area contributed by atoms with Gasteiger partial charge in [0.05, 0.1) is 10.6 Å². The number of aryl methyl sites for hydroxylation is 1. The number of halogens is 2. The molecule has 1 N–H and O–H groups in total. The lowest BCUT2D eigenvalue weighted by Gasteiger charge is -2.21. The van der Waals surface area contributed by atoms with Gasteiger partial charge in [0, 0.05) is 25.6 Å². The maximum atomic E-state index is 14.2. The van der Waals surface area contributed by atoms with Gasteiger partial charge in [-0.3, -0.25) is 9.59 Å². The Hall–Kier alpha value is -2.41. The van der Waals surface area contributed by atoms with Gasteiger partial charge in [-0.2, -0.15) is 0 Å². The van der Waals surface area contributed by atoms with Crippen LogP contribution in [-0.2, 0) is 4.79 Å². The van der Waals surface area contributed by atoms with Crippen LogP contribution in [0, 0.1) is 12.7 Å². The van der Waals surface area contributed by atoms with Crippen LogP contribution in [0.3, 0.4) is 0 Å². The number of rotatable bonds is 5. The number of likely N-dealkylation sites (tertiary alicyclic amines) is 1. The lowest BCUT2D eigenvalue weighted by molar-refractivity contribution is -0.127. The average Bonchev–Trinajstić information content (AvgIpc) is 3.13. The number of aromatic nitrogens is 1. The fraction of sp³-hybridized carbons (Fsp3) is 0.389. The summed E-state index contributed by atoms with van der Waals surface area (Å²) in [7, 11) is 0. The molecule has 1 fully saturated rings. The van der Waals surface area contributed by atoms with E-state index in [1.54, 1.807) is 11.8 Å². The Bertz CT molecular complexity index is 832. The molecule has 6 nitrogen and oxygen atoms in total. The second-order valence-corrected chi connectivity index (χ2v) is 6.78. The first-order chi connectivity index (χ1) is 12.4. The van der Waals surface area contributed by atoms with Crippen LogP contribution in [0.2, 0.25) is 5.02 Å². The highest BCUT2D eigenvalue weighted by molar-refractivity contribution is 6.33. The van der Waals surface area contributed by atoms with Crippen molar-refractivity contribution in [1.29, 1.82) is 0 Å². The molecule has 138 valence electrons. The van der Waals surface area contributed by atoms with Crippen LogP contribution in [0.4, 0.5) is 4.39 Å². The van der Waals surface area contributed by atoms with E-state index >= 15 is 0 Å². The van der Waals surface area contributed by atoms with E-state index in [4.69, 9.17) is 16.1 Å². The molecule has 2 heterocycles. The standard InChI is InChI=1S/C18H19ClFN3O3/c1-10(9-23-8-4-7-14(23)24)21-18(25)15-11(2)26-22-17(15)16-12(19)5-3-6-13(16)20/h3,5-6,10H,4,7-9H2,1-2H3,(H,21,25). The molecule has 0 bridgehead atoms. The molecule has 2 amide bonds. The van der Waals surface area contributed by atoms with E-state index in [1.165, 1.54) is 18.2 Å². The number of nitrogens with one attached hydrogen (secondary N) is 1. The minimum atomic E-state index is -0.587. The van der Waals surface area contributed by atoms with Crippen LogP contribution < -0.4 is 5.32 Å². The quantitative estimate of drug-likeness (QED) is 0.865. The van der Waals surface area contributed by atoms with Crippen molar-refractivity contribution in [3.8, 4) is 11.3 Å². The van der Waals surface area contributed by atoms with Crippen LogP contribution in [0.5, 0.6) is 0 Å². The van der Waals surface area contributed by atoms with Crippen molar-refractivity contribution >= 4 is 23.4 Å². The van der Waals surface area contributed by atoms with Gasteiger partial charge in [-0.15, -0.1) is 0 Å². The summed E-state index contributed by atoms with van der Waals surface area (Å²) in [5, 5.41) is 6.79. The van der Waals surface area contributed by atoms with E-state index in [0.717, 1.165) is 6.42 Å². The average molecular weight is 380 g/mol. The summed E-state index contributed by atoms with van der Waals surface area (Å²) in [6.07, 6.45) is 1.38. The molecule has 8 heteroatoms. The molecule has 0 aliphatic carbocycles. The zero-order chi connectivity index (χ0) is 18.8. The lowest BCUT2D eigenvalue weighted by atomic mass is 10.0. The summed E-state index contributed by atoms with van der Waals surface area (Å²) >= 11 is 6.09. The summed E-state index contributed by atoms with van der Waals surface area (Å²) in [5.74, 6) is -0.680. The molecule has 1 atom stereocenters. The van der Waals surface area contributed by atoms with E-state index in [2.05, 4.69) is 10.5 Å². The van der Waals surface area contributed by atoms with Crippen molar-refractivity contribution in [3.05, 3.63) is 40.4 Å². The second kappa shape index (κ2) is 7.45. The highest BCUT2D eigenvalue weighted by Crippen LogP contribution is 2.33.